The van der Waals surface area contributed by atoms with Gasteiger partial charge < -0.3 is 5.11 Å². The first kappa shape index (κ1) is 13.4. The summed E-state index contributed by atoms with van der Waals surface area (Å²) in [6, 6.07) is 5.50. The number of rotatable bonds is 5. The first-order valence-electron chi connectivity index (χ1n) is 5.15. The molecule has 4 nitrogen and oxygen atoms in total. The van der Waals surface area contributed by atoms with Gasteiger partial charge in [-0.15, -0.1) is 22.0 Å². The number of hydrogen-bond donors (Lipinski definition) is 1. The standard InChI is InChI=1S/C11H10N2O2S3/c1-2-16-7-4-3-5-8(9(7)10(14)15)18-11-13-12-6-17-11/h3-6H,2H2,1H3,(H,14,15). The van der Waals surface area contributed by atoms with Crippen LogP contribution in [0.15, 0.2) is 37.8 Å². The van der Waals surface area contributed by atoms with Crippen LogP contribution in [-0.4, -0.2) is 27.0 Å². The van der Waals surface area contributed by atoms with Crippen molar-refractivity contribution < 1.29 is 9.90 Å². The van der Waals surface area contributed by atoms with Crippen LogP contribution >= 0.6 is 34.9 Å². The Labute approximate surface area is 117 Å². The Kier molecular flexibility index (Phi) is 4.62. The summed E-state index contributed by atoms with van der Waals surface area (Å²) in [5.41, 5.74) is 1.98. The van der Waals surface area contributed by atoms with Crippen molar-refractivity contribution >= 4 is 40.8 Å². The van der Waals surface area contributed by atoms with Gasteiger partial charge in [-0.05, 0) is 17.9 Å². The van der Waals surface area contributed by atoms with Gasteiger partial charge in [0.25, 0.3) is 0 Å². The molecule has 1 aromatic carbocycles. The summed E-state index contributed by atoms with van der Waals surface area (Å²) in [6.45, 7) is 2.00. The van der Waals surface area contributed by atoms with Gasteiger partial charge in [0.15, 0.2) is 4.34 Å². The Morgan fingerprint density at radius 3 is 2.83 bits per heavy atom. The van der Waals surface area contributed by atoms with E-state index in [9.17, 15) is 9.90 Å². The Balaban J connectivity index is 2.39. The molecule has 0 aliphatic heterocycles. The molecule has 0 fully saturated rings. The Morgan fingerprint density at radius 2 is 2.22 bits per heavy atom. The minimum absolute atomic E-state index is 0.351. The van der Waals surface area contributed by atoms with E-state index in [2.05, 4.69) is 10.2 Å². The maximum atomic E-state index is 11.4. The summed E-state index contributed by atoms with van der Waals surface area (Å²) in [5.74, 6) is -0.0636. The van der Waals surface area contributed by atoms with Gasteiger partial charge in [0, 0.05) is 9.79 Å². The van der Waals surface area contributed by atoms with E-state index in [1.54, 1.807) is 11.6 Å². The number of benzene rings is 1. The van der Waals surface area contributed by atoms with Gasteiger partial charge in [-0.2, -0.15) is 0 Å². The first-order valence-corrected chi connectivity index (χ1v) is 7.83. The zero-order chi connectivity index (χ0) is 13.0. The lowest BCUT2D eigenvalue weighted by Crippen LogP contribution is -2.01. The van der Waals surface area contributed by atoms with Crippen LogP contribution in [0, 0.1) is 0 Å². The third-order valence-corrected chi connectivity index (χ3v) is 4.82. The predicted octanol–water partition coefficient (Wildman–Crippen LogP) is 3.50. The molecule has 2 rings (SSSR count). The summed E-state index contributed by atoms with van der Waals surface area (Å²) in [7, 11) is 0. The summed E-state index contributed by atoms with van der Waals surface area (Å²) >= 11 is 4.27. The van der Waals surface area contributed by atoms with Gasteiger partial charge in [-0.3, -0.25) is 0 Å². The van der Waals surface area contributed by atoms with E-state index in [-0.39, 0.29) is 0 Å². The van der Waals surface area contributed by atoms with Gasteiger partial charge in [0.05, 0.1) is 5.56 Å². The molecule has 0 spiro atoms. The van der Waals surface area contributed by atoms with Crippen LogP contribution < -0.4 is 0 Å². The van der Waals surface area contributed by atoms with Crippen LogP contribution in [-0.2, 0) is 0 Å². The first-order chi connectivity index (χ1) is 8.72. The minimum Gasteiger partial charge on any atom is -0.478 e. The Bertz CT molecular complexity index is 543. The molecule has 1 heterocycles. The zero-order valence-corrected chi connectivity index (χ0v) is 11.9. The molecular weight excluding hydrogens is 288 g/mol. The van der Waals surface area contributed by atoms with Crippen molar-refractivity contribution in [2.75, 3.05) is 5.75 Å². The number of aromatic carboxylic acids is 1. The summed E-state index contributed by atoms with van der Waals surface area (Å²) in [6.07, 6.45) is 0. The Hall–Kier alpha value is -1.05. The van der Waals surface area contributed by atoms with Crippen molar-refractivity contribution in [2.24, 2.45) is 0 Å². The molecule has 1 aromatic heterocycles. The predicted molar refractivity (Wildman–Crippen MR) is 73.8 cm³/mol. The number of hydrogen-bond acceptors (Lipinski definition) is 6. The second kappa shape index (κ2) is 6.21. The van der Waals surface area contributed by atoms with Crippen molar-refractivity contribution in [1.82, 2.24) is 10.2 Å². The summed E-state index contributed by atoms with van der Waals surface area (Å²) in [4.78, 5) is 12.9. The van der Waals surface area contributed by atoms with Gasteiger partial charge in [0.1, 0.15) is 5.51 Å². The van der Waals surface area contributed by atoms with Crippen LogP contribution in [0.2, 0.25) is 0 Å². The molecular formula is C11H10N2O2S3. The smallest absolute Gasteiger partial charge is 0.337 e. The van der Waals surface area contributed by atoms with Crippen molar-refractivity contribution in [3.63, 3.8) is 0 Å². The van der Waals surface area contributed by atoms with Gasteiger partial charge in [0.2, 0.25) is 0 Å². The molecule has 7 heteroatoms. The minimum atomic E-state index is -0.904. The molecule has 0 bridgehead atoms. The van der Waals surface area contributed by atoms with Crippen LogP contribution in [0.4, 0.5) is 0 Å². The molecule has 94 valence electrons. The molecule has 0 aliphatic carbocycles. The third-order valence-electron chi connectivity index (χ3n) is 2.04. The average Bonchev–Trinajstić information content (AvgIpc) is 2.82. The SMILES string of the molecule is CCSc1cccc(Sc2nncs2)c1C(=O)O. The van der Waals surface area contributed by atoms with Gasteiger partial charge in [-0.25, -0.2) is 4.79 Å². The number of aromatic nitrogens is 2. The lowest BCUT2D eigenvalue weighted by molar-refractivity contribution is 0.0689. The van der Waals surface area contributed by atoms with Crippen LogP contribution in [0.1, 0.15) is 17.3 Å². The number of thioether (sulfide) groups is 1. The van der Waals surface area contributed by atoms with E-state index in [1.165, 1.54) is 34.9 Å². The van der Waals surface area contributed by atoms with Crippen LogP contribution in [0.5, 0.6) is 0 Å². The topological polar surface area (TPSA) is 63.1 Å². The second-order valence-electron chi connectivity index (χ2n) is 3.17. The van der Waals surface area contributed by atoms with Crippen molar-refractivity contribution in [2.45, 2.75) is 21.1 Å². The normalized spacial score (nSPS) is 10.5. The molecule has 2 aromatic rings. The van der Waals surface area contributed by atoms with E-state index in [1.807, 2.05) is 19.1 Å². The zero-order valence-electron chi connectivity index (χ0n) is 9.49. The molecule has 0 unspecified atom stereocenters. The molecule has 0 aliphatic rings. The number of carbonyl (C=O) groups is 1. The van der Waals surface area contributed by atoms with E-state index < -0.39 is 5.97 Å². The van der Waals surface area contributed by atoms with Crippen LogP contribution in [0.25, 0.3) is 0 Å². The number of carboxylic acids is 1. The van der Waals surface area contributed by atoms with Crippen molar-refractivity contribution in [3.8, 4) is 0 Å². The highest BCUT2D eigenvalue weighted by molar-refractivity contribution is 8.01. The highest BCUT2D eigenvalue weighted by Gasteiger charge is 2.17. The largest absolute Gasteiger partial charge is 0.478 e. The maximum Gasteiger partial charge on any atom is 0.337 e. The van der Waals surface area contributed by atoms with E-state index in [0.29, 0.717) is 10.5 Å². The fourth-order valence-corrected chi connectivity index (χ4v) is 3.87. The van der Waals surface area contributed by atoms with Crippen LogP contribution in [0.3, 0.4) is 0 Å². The lowest BCUT2D eigenvalue weighted by Gasteiger charge is -2.08. The highest BCUT2D eigenvalue weighted by atomic mass is 32.2. The fraction of sp³-hybridized carbons (Fsp3) is 0.182. The van der Waals surface area contributed by atoms with Crippen molar-refractivity contribution in [3.05, 3.63) is 29.3 Å². The van der Waals surface area contributed by atoms with Gasteiger partial charge >= 0.3 is 5.97 Å². The number of nitrogens with zero attached hydrogens (tertiary/aromatic N) is 2. The van der Waals surface area contributed by atoms with E-state index >= 15 is 0 Å². The van der Waals surface area contributed by atoms with E-state index in [0.717, 1.165) is 15.0 Å². The van der Waals surface area contributed by atoms with E-state index in [4.69, 9.17) is 0 Å². The molecule has 0 saturated carbocycles. The Morgan fingerprint density at radius 1 is 1.44 bits per heavy atom. The monoisotopic (exact) mass is 298 g/mol. The summed E-state index contributed by atoms with van der Waals surface area (Å²) in [5, 5.41) is 17.0. The molecule has 1 N–H and O–H groups in total. The molecule has 0 saturated heterocycles. The highest BCUT2D eigenvalue weighted by Crippen LogP contribution is 2.35. The van der Waals surface area contributed by atoms with Crippen molar-refractivity contribution in [1.29, 1.82) is 0 Å². The molecule has 18 heavy (non-hydrogen) atoms. The number of carboxylic acid groups (broad SMARTS) is 1. The average molecular weight is 298 g/mol. The lowest BCUT2D eigenvalue weighted by atomic mass is 10.2. The second-order valence-corrected chi connectivity index (χ2v) is 6.60. The third kappa shape index (κ3) is 3.04. The maximum absolute atomic E-state index is 11.4. The molecule has 0 radical (unpaired) electrons. The fourth-order valence-electron chi connectivity index (χ4n) is 1.38. The van der Waals surface area contributed by atoms with Gasteiger partial charge in [-0.1, -0.05) is 36.1 Å². The molecule has 0 atom stereocenters. The summed E-state index contributed by atoms with van der Waals surface area (Å²) < 4.78 is 0.746. The quantitative estimate of drug-likeness (QED) is 0.852. The molecule has 0 amide bonds.